The van der Waals surface area contributed by atoms with Gasteiger partial charge in [0.15, 0.2) is 0 Å². The highest BCUT2D eigenvalue weighted by Gasteiger charge is 2.37. The molecule has 0 atom stereocenters. The second-order valence-electron chi connectivity index (χ2n) is 8.70. The third-order valence-corrected chi connectivity index (χ3v) is 6.34. The predicted octanol–water partition coefficient (Wildman–Crippen LogP) is 4.95. The average Bonchev–Trinajstić information content (AvgIpc) is 2.71. The van der Waals surface area contributed by atoms with Gasteiger partial charge in [0, 0.05) is 23.3 Å². The third-order valence-electron chi connectivity index (χ3n) is 6.09. The summed E-state index contributed by atoms with van der Waals surface area (Å²) in [6.45, 7) is 8.30. The largest absolute Gasteiger partial charge is 0.365 e. The average molecular weight is 450 g/mol. The summed E-state index contributed by atoms with van der Waals surface area (Å²) in [6, 6.07) is 9.54. The van der Waals surface area contributed by atoms with Crippen LogP contribution in [0.4, 0.5) is 16.2 Å². The van der Waals surface area contributed by atoms with Gasteiger partial charge in [0.1, 0.15) is 5.57 Å². The quantitative estimate of drug-likeness (QED) is 0.520. The summed E-state index contributed by atoms with van der Waals surface area (Å²) in [5.74, 6) is -1.39. The standard InChI is InChI=1S/C25H24ClN3O3/c1-14-10-21-19(15(2)13-25(3,4)28(21)5)11-16(14)12-20-22(30)27-24(32)29(23(20)31)18-8-6-17(26)7-9-18/h6-13H,1-5H3,(H,27,30,32)/b20-12-. The lowest BCUT2D eigenvalue weighted by atomic mass is 9.87. The molecule has 2 aromatic rings. The van der Waals surface area contributed by atoms with Crippen LogP contribution in [0.5, 0.6) is 0 Å². The maximum atomic E-state index is 13.2. The van der Waals surface area contributed by atoms with Gasteiger partial charge in [-0.3, -0.25) is 14.9 Å². The van der Waals surface area contributed by atoms with Gasteiger partial charge < -0.3 is 4.90 Å². The molecule has 0 unspecified atom stereocenters. The maximum absolute atomic E-state index is 13.2. The molecule has 2 aromatic carbocycles. The number of nitrogens with zero attached hydrogens (tertiary/aromatic N) is 2. The number of hydrogen-bond donors (Lipinski definition) is 1. The van der Waals surface area contributed by atoms with Crippen molar-refractivity contribution >= 4 is 52.5 Å². The van der Waals surface area contributed by atoms with Gasteiger partial charge in [0.25, 0.3) is 11.8 Å². The molecule has 2 aliphatic rings. The summed E-state index contributed by atoms with van der Waals surface area (Å²) < 4.78 is 0. The summed E-state index contributed by atoms with van der Waals surface area (Å²) in [5.41, 5.74) is 5.03. The number of imide groups is 2. The Balaban J connectivity index is 1.78. The van der Waals surface area contributed by atoms with E-state index in [-0.39, 0.29) is 11.1 Å². The van der Waals surface area contributed by atoms with Crippen LogP contribution in [0.2, 0.25) is 5.02 Å². The van der Waals surface area contributed by atoms with Crippen molar-refractivity contribution in [1.29, 1.82) is 0 Å². The first-order chi connectivity index (χ1) is 15.0. The van der Waals surface area contributed by atoms with E-state index in [0.29, 0.717) is 10.7 Å². The van der Waals surface area contributed by atoms with Crippen LogP contribution in [0.3, 0.4) is 0 Å². The minimum Gasteiger partial charge on any atom is -0.365 e. The Morgan fingerprint density at radius 2 is 1.69 bits per heavy atom. The summed E-state index contributed by atoms with van der Waals surface area (Å²) in [5, 5.41) is 2.74. The van der Waals surface area contributed by atoms with E-state index in [9.17, 15) is 14.4 Å². The van der Waals surface area contributed by atoms with Crippen molar-refractivity contribution in [2.24, 2.45) is 0 Å². The summed E-state index contributed by atoms with van der Waals surface area (Å²) in [6.07, 6.45) is 3.75. The van der Waals surface area contributed by atoms with E-state index in [1.54, 1.807) is 30.3 Å². The molecule has 4 rings (SSSR count). The van der Waals surface area contributed by atoms with Crippen LogP contribution < -0.4 is 15.1 Å². The van der Waals surface area contributed by atoms with Gasteiger partial charge >= 0.3 is 6.03 Å². The van der Waals surface area contributed by atoms with E-state index in [0.717, 1.165) is 32.9 Å². The van der Waals surface area contributed by atoms with Crippen molar-refractivity contribution in [3.8, 4) is 0 Å². The van der Waals surface area contributed by atoms with E-state index < -0.39 is 17.8 Å². The minimum atomic E-state index is -0.788. The van der Waals surface area contributed by atoms with E-state index in [1.807, 2.05) is 20.0 Å². The van der Waals surface area contributed by atoms with Crippen molar-refractivity contribution < 1.29 is 14.4 Å². The number of likely N-dealkylation sites (N-methyl/N-ethyl adjacent to an activating group) is 1. The topological polar surface area (TPSA) is 69.7 Å². The second-order valence-corrected chi connectivity index (χ2v) is 9.14. The first-order valence-electron chi connectivity index (χ1n) is 10.2. The van der Waals surface area contributed by atoms with Crippen molar-refractivity contribution in [1.82, 2.24) is 5.32 Å². The van der Waals surface area contributed by atoms with Crippen LogP contribution in [-0.2, 0) is 9.59 Å². The fourth-order valence-electron chi connectivity index (χ4n) is 4.11. The number of fused-ring (bicyclic) bond motifs is 1. The lowest BCUT2D eigenvalue weighted by Crippen LogP contribution is -2.54. The molecule has 4 amide bonds. The minimum absolute atomic E-state index is 0.103. The van der Waals surface area contributed by atoms with Gasteiger partial charge in [-0.25, -0.2) is 9.69 Å². The number of carbonyl (C=O) groups is 3. The highest BCUT2D eigenvalue weighted by molar-refractivity contribution is 6.39. The number of allylic oxidation sites excluding steroid dienone is 1. The van der Waals surface area contributed by atoms with Gasteiger partial charge in [0.2, 0.25) is 0 Å². The molecule has 0 radical (unpaired) electrons. The zero-order valence-electron chi connectivity index (χ0n) is 18.6. The van der Waals surface area contributed by atoms with E-state index in [4.69, 9.17) is 11.6 Å². The molecule has 1 fully saturated rings. The second kappa shape index (κ2) is 7.64. The number of benzene rings is 2. The van der Waals surface area contributed by atoms with E-state index >= 15 is 0 Å². The maximum Gasteiger partial charge on any atom is 0.335 e. The number of nitrogens with one attached hydrogen (secondary N) is 1. The van der Waals surface area contributed by atoms with Gasteiger partial charge in [-0.05, 0) is 86.9 Å². The molecule has 1 N–H and O–H groups in total. The molecule has 7 heteroatoms. The number of rotatable bonds is 2. The number of halogens is 1. The van der Waals surface area contributed by atoms with Crippen molar-refractivity contribution in [3.05, 3.63) is 69.8 Å². The Labute approximate surface area is 192 Å². The van der Waals surface area contributed by atoms with E-state index in [1.165, 1.54) is 0 Å². The van der Waals surface area contributed by atoms with Crippen molar-refractivity contribution in [2.45, 2.75) is 33.2 Å². The predicted molar refractivity (Wildman–Crippen MR) is 128 cm³/mol. The highest BCUT2D eigenvalue weighted by atomic mass is 35.5. The SMILES string of the molecule is CC1=CC(C)(C)N(C)c2cc(C)c(/C=C3/C(=O)NC(=O)N(c4ccc(Cl)cc4)C3=O)cc21. The lowest BCUT2D eigenvalue weighted by Gasteiger charge is -2.41. The molecule has 0 spiro atoms. The fraction of sp³-hybridized carbons (Fsp3) is 0.240. The molecule has 32 heavy (non-hydrogen) atoms. The van der Waals surface area contributed by atoms with Crippen LogP contribution in [0.15, 0.2) is 48.0 Å². The number of amides is 4. The monoisotopic (exact) mass is 449 g/mol. The number of barbiturate groups is 1. The molecular formula is C25H24ClN3O3. The van der Waals surface area contributed by atoms with Crippen LogP contribution in [0, 0.1) is 6.92 Å². The summed E-state index contributed by atoms with van der Waals surface area (Å²) >= 11 is 5.92. The summed E-state index contributed by atoms with van der Waals surface area (Å²) in [7, 11) is 2.05. The molecule has 0 bridgehead atoms. The summed E-state index contributed by atoms with van der Waals surface area (Å²) in [4.78, 5) is 41.3. The third kappa shape index (κ3) is 3.60. The van der Waals surface area contributed by atoms with Gasteiger partial charge in [0.05, 0.1) is 11.2 Å². The molecule has 0 aliphatic carbocycles. The number of urea groups is 1. The zero-order chi connectivity index (χ0) is 23.4. The van der Waals surface area contributed by atoms with Crippen molar-refractivity contribution in [2.75, 3.05) is 16.8 Å². The Bertz CT molecular complexity index is 1230. The Kier molecular flexibility index (Phi) is 5.21. The Morgan fingerprint density at radius 3 is 2.34 bits per heavy atom. The first kappa shape index (κ1) is 21.8. The van der Waals surface area contributed by atoms with Crippen LogP contribution in [0.1, 0.15) is 37.5 Å². The molecule has 6 nitrogen and oxygen atoms in total. The zero-order valence-corrected chi connectivity index (χ0v) is 19.4. The highest BCUT2D eigenvalue weighted by Crippen LogP contribution is 2.39. The number of carbonyl (C=O) groups excluding carboxylic acids is 3. The number of hydrogen-bond acceptors (Lipinski definition) is 4. The van der Waals surface area contributed by atoms with E-state index in [2.05, 4.69) is 43.1 Å². The smallest absolute Gasteiger partial charge is 0.335 e. The molecule has 164 valence electrons. The molecule has 0 aromatic heterocycles. The molecule has 2 heterocycles. The van der Waals surface area contributed by atoms with Gasteiger partial charge in [-0.2, -0.15) is 0 Å². The Morgan fingerprint density at radius 1 is 1.03 bits per heavy atom. The number of aryl methyl sites for hydroxylation is 1. The Hall–Kier alpha value is -3.38. The fourth-order valence-corrected chi connectivity index (χ4v) is 4.24. The first-order valence-corrected chi connectivity index (χ1v) is 10.6. The van der Waals surface area contributed by atoms with Gasteiger partial charge in [-0.15, -0.1) is 0 Å². The van der Waals surface area contributed by atoms with Gasteiger partial charge in [-0.1, -0.05) is 17.7 Å². The number of anilines is 2. The van der Waals surface area contributed by atoms with Crippen molar-refractivity contribution in [3.63, 3.8) is 0 Å². The molecule has 2 aliphatic heterocycles. The van der Waals surface area contributed by atoms with Crippen LogP contribution >= 0.6 is 11.6 Å². The lowest BCUT2D eigenvalue weighted by molar-refractivity contribution is -0.122. The normalized spacial score (nSPS) is 19.1. The van der Waals surface area contributed by atoms with Crippen LogP contribution in [0.25, 0.3) is 11.6 Å². The molecular weight excluding hydrogens is 426 g/mol. The molecule has 0 saturated carbocycles. The molecule has 1 saturated heterocycles. The van der Waals surface area contributed by atoms with Crippen LogP contribution in [-0.4, -0.2) is 30.4 Å².